The molecule has 2 unspecified atom stereocenters. The fourth-order valence-electron chi connectivity index (χ4n) is 1.76. The molecule has 0 aliphatic heterocycles. The molecule has 7 nitrogen and oxygen atoms in total. The zero-order valence-corrected chi connectivity index (χ0v) is 12.0. The Morgan fingerprint density at radius 3 is 3.00 bits per heavy atom. The van der Waals surface area contributed by atoms with Gasteiger partial charge in [0.25, 0.3) is 0 Å². The van der Waals surface area contributed by atoms with Crippen LogP contribution in [0, 0.1) is 6.92 Å². The molecule has 0 saturated heterocycles. The molecule has 2 aromatic rings. The van der Waals surface area contributed by atoms with Crippen LogP contribution in [0.3, 0.4) is 0 Å². The first-order valence-corrected chi connectivity index (χ1v) is 7.62. The molecule has 0 bridgehead atoms. The largest absolute Gasteiger partial charge is 0.370 e. The van der Waals surface area contributed by atoms with E-state index in [-0.39, 0.29) is 10.9 Å². The van der Waals surface area contributed by atoms with E-state index in [4.69, 9.17) is 0 Å². The molecule has 0 spiro atoms. The molecule has 0 fully saturated rings. The van der Waals surface area contributed by atoms with Crippen LogP contribution in [-0.4, -0.2) is 41.8 Å². The van der Waals surface area contributed by atoms with Crippen LogP contribution < -0.4 is 11.0 Å². The maximum Gasteiger partial charge on any atom is 0.349 e. The van der Waals surface area contributed by atoms with Crippen molar-refractivity contribution in [2.75, 3.05) is 18.1 Å². The molecule has 0 aromatic carbocycles. The molecule has 8 heteroatoms. The Morgan fingerprint density at radius 2 is 2.32 bits per heavy atom. The summed E-state index contributed by atoms with van der Waals surface area (Å²) in [5.74, 6) is 1.24. The van der Waals surface area contributed by atoms with Gasteiger partial charge in [-0.05, 0) is 13.3 Å². The van der Waals surface area contributed by atoms with Gasteiger partial charge in [-0.2, -0.15) is 5.10 Å². The lowest BCUT2D eigenvalue weighted by molar-refractivity contribution is 0.672. The number of rotatable bonds is 5. The van der Waals surface area contributed by atoms with Crippen LogP contribution >= 0.6 is 0 Å². The van der Waals surface area contributed by atoms with Gasteiger partial charge in [-0.3, -0.25) is 4.21 Å². The summed E-state index contributed by atoms with van der Waals surface area (Å²) < 4.78 is 12.6. The van der Waals surface area contributed by atoms with Crippen molar-refractivity contribution in [3.8, 4) is 0 Å². The van der Waals surface area contributed by atoms with Crippen LogP contribution in [-0.2, 0) is 10.8 Å². The van der Waals surface area contributed by atoms with E-state index in [1.165, 1.54) is 4.40 Å². The van der Waals surface area contributed by atoms with Crippen LogP contribution in [0.25, 0.3) is 5.65 Å². The number of fused-ring (bicyclic) bond motifs is 1. The number of nitrogens with zero attached hydrogens (tertiary/aromatic N) is 3. The number of H-pyrrole nitrogens is 1. The molecule has 104 valence electrons. The maximum atomic E-state index is 11.4. The lowest BCUT2D eigenvalue weighted by Crippen LogP contribution is -2.17. The topological polar surface area (TPSA) is 92.2 Å². The zero-order valence-electron chi connectivity index (χ0n) is 11.1. The van der Waals surface area contributed by atoms with Crippen molar-refractivity contribution in [3.05, 3.63) is 22.4 Å². The first kappa shape index (κ1) is 13.7. The highest BCUT2D eigenvalue weighted by Crippen LogP contribution is 2.08. The van der Waals surface area contributed by atoms with Crippen molar-refractivity contribution in [2.45, 2.75) is 25.5 Å². The highest BCUT2D eigenvalue weighted by Gasteiger charge is 2.08. The van der Waals surface area contributed by atoms with Crippen molar-refractivity contribution in [1.29, 1.82) is 0 Å². The SMILES string of the molecule is Cc1nc(NCCC(C)S(C)=O)cc2n[nH]c(=O)n12. The molecular weight excluding hydrogens is 266 g/mol. The average molecular weight is 283 g/mol. The molecule has 2 rings (SSSR count). The molecular formula is C11H17N5O2S. The van der Waals surface area contributed by atoms with Gasteiger partial charge in [-0.15, -0.1) is 0 Å². The van der Waals surface area contributed by atoms with Gasteiger partial charge in [0.2, 0.25) is 0 Å². The molecule has 19 heavy (non-hydrogen) atoms. The Balaban J connectivity index is 2.10. The summed E-state index contributed by atoms with van der Waals surface area (Å²) in [7, 11) is -0.815. The van der Waals surface area contributed by atoms with E-state index >= 15 is 0 Å². The van der Waals surface area contributed by atoms with Gasteiger partial charge >= 0.3 is 5.69 Å². The predicted molar refractivity (Wildman–Crippen MR) is 75.0 cm³/mol. The minimum atomic E-state index is -0.815. The lowest BCUT2D eigenvalue weighted by Gasteiger charge is -2.10. The Labute approximate surface area is 112 Å². The first-order valence-electron chi connectivity index (χ1n) is 6.00. The van der Waals surface area contributed by atoms with Crippen molar-refractivity contribution < 1.29 is 4.21 Å². The molecule has 0 aliphatic carbocycles. The van der Waals surface area contributed by atoms with Gasteiger partial charge in [-0.25, -0.2) is 19.3 Å². The minimum Gasteiger partial charge on any atom is -0.370 e. The smallest absolute Gasteiger partial charge is 0.349 e. The lowest BCUT2D eigenvalue weighted by atomic mass is 10.3. The van der Waals surface area contributed by atoms with Gasteiger partial charge in [0.1, 0.15) is 11.6 Å². The predicted octanol–water partition coefficient (Wildman–Crippen LogP) is 0.295. The van der Waals surface area contributed by atoms with Gasteiger partial charge in [0.15, 0.2) is 5.65 Å². The second-order valence-corrected chi connectivity index (χ2v) is 6.24. The minimum absolute atomic E-state index is 0.144. The van der Waals surface area contributed by atoms with Crippen LogP contribution in [0.1, 0.15) is 19.2 Å². The van der Waals surface area contributed by atoms with Crippen molar-refractivity contribution in [3.63, 3.8) is 0 Å². The van der Waals surface area contributed by atoms with Gasteiger partial charge < -0.3 is 5.32 Å². The van der Waals surface area contributed by atoms with Crippen LogP contribution in [0.4, 0.5) is 5.82 Å². The third-order valence-corrected chi connectivity index (χ3v) is 4.36. The summed E-state index contributed by atoms with van der Waals surface area (Å²) in [5, 5.41) is 9.59. The summed E-state index contributed by atoms with van der Waals surface area (Å²) >= 11 is 0. The summed E-state index contributed by atoms with van der Waals surface area (Å²) in [6.07, 6.45) is 2.50. The summed E-state index contributed by atoms with van der Waals surface area (Å²) in [6.45, 7) is 4.38. The molecule has 2 N–H and O–H groups in total. The van der Waals surface area contributed by atoms with E-state index in [2.05, 4.69) is 20.5 Å². The standard InChI is InChI=1S/C11H17N5O2S/c1-7(19(3)18)4-5-12-9-6-10-14-15-11(17)16(10)8(2)13-9/h6-7,12H,4-5H2,1-3H3,(H,15,17). The van der Waals surface area contributed by atoms with Crippen LogP contribution in [0.15, 0.2) is 10.9 Å². The fourth-order valence-corrected chi connectivity index (χ4v) is 2.21. The number of aromatic nitrogens is 4. The molecule has 0 aliphatic rings. The zero-order chi connectivity index (χ0) is 14.0. The molecule has 0 amide bonds. The molecule has 2 aromatic heterocycles. The number of aromatic amines is 1. The Bertz CT molecular complexity index is 663. The van der Waals surface area contributed by atoms with Gasteiger partial charge in [-0.1, -0.05) is 6.92 Å². The average Bonchev–Trinajstić information content (AvgIpc) is 2.71. The number of hydrogen-bond donors (Lipinski definition) is 2. The summed E-state index contributed by atoms with van der Waals surface area (Å²) in [6, 6.07) is 1.71. The Kier molecular flexibility index (Phi) is 3.98. The second kappa shape index (κ2) is 5.52. The second-order valence-electron chi connectivity index (χ2n) is 4.44. The first-order chi connectivity index (χ1) is 8.99. The van der Waals surface area contributed by atoms with Crippen LogP contribution in [0.2, 0.25) is 0 Å². The fraction of sp³-hybridized carbons (Fsp3) is 0.545. The Hall–Kier alpha value is -1.70. The van der Waals surface area contributed by atoms with E-state index in [1.807, 2.05) is 6.92 Å². The third-order valence-electron chi connectivity index (χ3n) is 2.99. The molecule has 2 atom stereocenters. The van der Waals surface area contributed by atoms with Gasteiger partial charge in [0, 0.05) is 34.9 Å². The molecule has 0 saturated carbocycles. The number of hydrogen-bond acceptors (Lipinski definition) is 5. The van der Waals surface area contributed by atoms with Crippen molar-refractivity contribution >= 4 is 22.3 Å². The Morgan fingerprint density at radius 1 is 1.58 bits per heavy atom. The van der Waals surface area contributed by atoms with E-state index in [0.29, 0.717) is 23.8 Å². The highest BCUT2D eigenvalue weighted by molar-refractivity contribution is 7.84. The normalized spacial score (nSPS) is 14.5. The number of anilines is 1. The van der Waals surface area contributed by atoms with E-state index < -0.39 is 10.8 Å². The number of nitrogens with one attached hydrogen (secondary N) is 2. The maximum absolute atomic E-state index is 11.4. The summed E-state index contributed by atoms with van der Waals surface area (Å²) in [5.41, 5.74) is 0.244. The highest BCUT2D eigenvalue weighted by atomic mass is 32.2. The number of aryl methyl sites for hydroxylation is 1. The quantitative estimate of drug-likeness (QED) is 0.823. The third kappa shape index (κ3) is 3.01. The van der Waals surface area contributed by atoms with Crippen molar-refractivity contribution in [1.82, 2.24) is 19.6 Å². The summed E-state index contributed by atoms with van der Waals surface area (Å²) in [4.78, 5) is 15.7. The van der Waals surface area contributed by atoms with E-state index in [1.54, 1.807) is 19.2 Å². The monoisotopic (exact) mass is 283 g/mol. The van der Waals surface area contributed by atoms with Crippen LogP contribution in [0.5, 0.6) is 0 Å². The van der Waals surface area contributed by atoms with Crippen molar-refractivity contribution in [2.24, 2.45) is 0 Å². The molecule has 0 radical (unpaired) electrons. The molecule has 2 heterocycles. The van der Waals surface area contributed by atoms with Gasteiger partial charge in [0.05, 0.1) is 0 Å². The van der Waals surface area contributed by atoms with E-state index in [0.717, 1.165) is 6.42 Å². The van der Waals surface area contributed by atoms with E-state index in [9.17, 15) is 9.00 Å².